The lowest BCUT2D eigenvalue weighted by Gasteiger charge is -2.37. The molecular formula is C26H34N6O2S. The molecule has 1 aliphatic heterocycles. The largest absolute Gasteiger partial charge is 0.353 e. The molecule has 2 heterocycles. The highest BCUT2D eigenvalue weighted by molar-refractivity contribution is 7.80. The zero-order chi connectivity index (χ0) is 25.0. The Balaban J connectivity index is 1.57. The Morgan fingerprint density at radius 3 is 2.51 bits per heavy atom. The Kier molecular flexibility index (Phi) is 10.0. The molecule has 3 N–H and O–H groups in total. The summed E-state index contributed by atoms with van der Waals surface area (Å²) in [5.41, 5.74) is 1.84. The first-order chi connectivity index (χ1) is 17.0. The van der Waals surface area contributed by atoms with Crippen LogP contribution in [-0.4, -0.2) is 65.6 Å². The van der Waals surface area contributed by atoms with E-state index in [1.54, 1.807) is 0 Å². The van der Waals surface area contributed by atoms with E-state index in [1.165, 1.54) is 6.08 Å². The normalized spacial score (nSPS) is 14.1. The van der Waals surface area contributed by atoms with Gasteiger partial charge in [-0.25, -0.2) is 4.98 Å². The van der Waals surface area contributed by atoms with Crippen LogP contribution in [0.15, 0.2) is 61.2 Å². The van der Waals surface area contributed by atoms with E-state index in [0.29, 0.717) is 31.2 Å². The summed E-state index contributed by atoms with van der Waals surface area (Å²) in [6.45, 7) is 8.70. The Bertz CT molecular complexity index is 1010. The third-order valence-corrected chi connectivity index (χ3v) is 6.05. The molecular weight excluding hydrogens is 460 g/mol. The van der Waals surface area contributed by atoms with Crippen molar-refractivity contribution in [3.05, 3.63) is 66.9 Å². The lowest BCUT2D eigenvalue weighted by atomic mass is 10.1. The molecule has 1 aromatic carbocycles. The van der Waals surface area contributed by atoms with Crippen LogP contribution in [0.3, 0.4) is 0 Å². The molecule has 1 atom stereocenters. The molecule has 2 aromatic rings. The maximum Gasteiger partial charge on any atom is 0.245 e. The zero-order valence-corrected chi connectivity index (χ0v) is 21.0. The SMILES string of the molecule is C=CC(=O)NCCCC[C@H](NC(=S)Nc1ccccc1)C(=O)N1CCN(c2cccc(C)n2)CC1. The molecule has 9 heteroatoms. The van der Waals surface area contributed by atoms with Crippen LogP contribution in [0.5, 0.6) is 0 Å². The van der Waals surface area contributed by atoms with Gasteiger partial charge in [0.15, 0.2) is 5.11 Å². The van der Waals surface area contributed by atoms with E-state index in [1.807, 2.05) is 60.4 Å². The molecule has 2 amide bonds. The second kappa shape index (κ2) is 13.4. The molecule has 0 spiro atoms. The Morgan fingerprint density at radius 1 is 1.09 bits per heavy atom. The Morgan fingerprint density at radius 2 is 1.83 bits per heavy atom. The van der Waals surface area contributed by atoms with E-state index in [0.717, 1.165) is 43.1 Å². The fraction of sp³-hybridized carbons (Fsp3) is 0.385. The molecule has 35 heavy (non-hydrogen) atoms. The van der Waals surface area contributed by atoms with Gasteiger partial charge in [-0.3, -0.25) is 9.59 Å². The second-order valence-electron chi connectivity index (χ2n) is 8.46. The molecule has 1 aromatic heterocycles. The van der Waals surface area contributed by atoms with Gasteiger partial charge in [0, 0.05) is 44.1 Å². The molecule has 8 nitrogen and oxygen atoms in total. The van der Waals surface area contributed by atoms with Gasteiger partial charge in [0.2, 0.25) is 11.8 Å². The maximum atomic E-state index is 13.5. The number of amides is 2. The van der Waals surface area contributed by atoms with E-state index in [2.05, 4.69) is 32.4 Å². The van der Waals surface area contributed by atoms with E-state index in [9.17, 15) is 9.59 Å². The number of para-hydroxylation sites is 1. The summed E-state index contributed by atoms with van der Waals surface area (Å²) in [6, 6.07) is 15.2. The predicted octanol–water partition coefficient (Wildman–Crippen LogP) is 2.87. The lowest BCUT2D eigenvalue weighted by Crippen LogP contribution is -2.55. The minimum absolute atomic E-state index is 0.0363. The number of hydrogen-bond donors (Lipinski definition) is 3. The fourth-order valence-corrected chi connectivity index (χ4v) is 4.20. The highest BCUT2D eigenvalue weighted by Gasteiger charge is 2.28. The summed E-state index contributed by atoms with van der Waals surface area (Å²) < 4.78 is 0. The number of hydrogen-bond acceptors (Lipinski definition) is 5. The zero-order valence-electron chi connectivity index (χ0n) is 20.2. The fourth-order valence-electron chi connectivity index (χ4n) is 3.94. The lowest BCUT2D eigenvalue weighted by molar-refractivity contribution is -0.133. The van der Waals surface area contributed by atoms with Crippen LogP contribution in [-0.2, 0) is 9.59 Å². The van der Waals surface area contributed by atoms with Crippen LogP contribution >= 0.6 is 12.2 Å². The summed E-state index contributed by atoms with van der Waals surface area (Å²) in [5.74, 6) is 0.792. The van der Waals surface area contributed by atoms with Gasteiger partial charge in [-0.15, -0.1) is 0 Å². The molecule has 186 valence electrons. The number of rotatable bonds is 10. The number of benzene rings is 1. The molecule has 1 saturated heterocycles. The molecule has 0 saturated carbocycles. The highest BCUT2D eigenvalue weighted by Crippen LogP contribution is 2.16. The number of carbonyl (C=O) groups is 2. The molecule has 1 fully saturated rings. The number of unbranched alkanes of at least 4 members (excludes halogenated alkanes) is 1. The van der Waals surface area contributed by atoms with Crippen molar-refractivity contribution in [3.63, 3.8) is 0 Å². The topological polar surface area (TPSA) is 89.6 Å². The maximum absolute atomic E-state index is 13.5. The third kappa shape index (κ3) is 8.36. The molecule has 0 radical (unpaired) electrons. The Hall–Kier alpha value is -3.46. The number of nitrogens with zero attached hydrogens (tertiary/aromatic N) is 3. The van der Waals surface area contributed by atoms with Crippen LogP contribution in [0.2, 0.25) is 0 Å². The van der Waals surface area contributed by atoms with Crippen LogP contribution in [0.1, 0.15) is 25.0 Å². The minimum atomic E-state index is -0.447. The molecule has 1 aliphatic rings. The van der Waals surface area contributed by atoms with Crippen molar-refractivity contribution in [2.45, 2.75) is 32.2 Å². The van der Waals surface area contributed by atoms with Crippen molar-refractivity contribution in [2.24, 2.45) is 0 Å². The van der Waals surface area contributed by atoms with Crippen LogP contribution < -0.4 is 20.9 Å². The number of piperazine rings is 1. The number of anilines is 2. The molecule has 0 bridgehead atoms. The monoisotopic (exact) mass is 494 g/mol. The standard InChI is InChI=1S/C26H34N6O2S/c1-3-24(33)27-15-8-7-13-22(30-26(35)29-21-11-5-4-6-12-21)25(34)32-18-16-31(17-19-32)23-14-9-10-20(2)28-23/h3-6,9-12,14,22H,1,7-8,13,15-19H2,2H3,(H,27,33)(H2,29,30,35)/t22-/m0/s1. The second-order valence-corrected chi connectivity index (χ2v) is 8.87. The number of aromatic nitrogens is 1. The van der Waals surface area contributed by atoms with Gasteiger partial charge >= 0.3 is 0 Å². The van der Waals surface area contributed by atoms with Crippen LogP contribution in [0, 0.1) is 6.92 Å². The first-order valence-electron chi connectivity index (χ1n) is 12.0. The van der Waals surface area contributed by atoms with Crippen molar-refractivity contribution < 1.29 is 9.59 Å². The Labute approximate surface area is 212 Å². The van der Waals surface area contributed by atoms with Crippen molar-refractivity contribution in [2.75, 3.05) is 42.9 Å². The van der Waals surface area contributed by atoms with Gasteiger partial charge in [0.05, 0.1) is 0 Å². The van der Waals surface area contributed by atoms with Gasteiger partial charge in [0.25, 0.3) is 0 Å². The predicted molar refractivity (Wildman–Crippen MR) is 144 cm³/mol. The molecule has 3 rings (SSSR count). The van der Waals surface area contributed by atoms with Gasteiger partial charge in [-0.2, -0.15) is 0 Å². The van der Waals surface area contributed by atoms with E-state index >= 15 is 0 Å². The average Bonchev–Trinajstić information content (AvgIpc) is 2.88. The van der Waals surface area contributed by atoms with Crippen molar-refractivity contribution in [1.82, 2.24) is 20.5 Å². The van der Waals surface area contributed by atoms with Gasteiger partial charge < -0.3 is 25.8 Å². The van der Waals surface area contributed by atoms with Gasteiger partial charge in [-0.1, -0.05) is 30.8 Å². The number of thiocarbonyl (C=S) groups is 1. The first-order valence-corrected chi connectivity index (χ1v) is 12.4. The van der Waals surface area contributed by atoms with E-state index < -0.39 is 6.04 Å². The van der Waals surface area contributed by atoms with Gasteiger partial charge in [0.1, 0.15) is 11.9 Å². The summed E-state index contributed by atoms with van der Waals surface area (Å²) in [5, 5.41) is 9.56. The summed E-state index contributed by atoms with van der Waals surface area (Å²) >= 11 is 5.50. The highest BCUT2D eigenvalue weighted by atomic mass is 32.1. The van der Waals surface area contributed by atoms with Crippen molar-refractivity contribution >= 4 is 40.6 Å². The number of aryl methyl sites for hydroxylation is 1. The van der Waals surface area contributed by atoms with Gasteiger partial charge in [-0.05, 0) is 68.7 Å². The first kappa shape index (κ1) is 26.2. The van der Waals surface area contributed by atoms with E-state index in [-0.39, 0.29) is 11.8 Å². The number of pyridine rings is 1. The quantitative estimate of drug-likeness (QED) is 0.266. The number of carbonyl (C=O) groups excluding carboxylic acids is 2. The summed E-state index contributed by atoms with van der Waals surface area (Å²) in [7, 11) is 0. The minimum Gasteiger partial charge on any atom is -0.353 e. The average molecular weight is 495 g/mol. The van der Waals surface area contributed by atoms with Crippen molar-refractivity contribution in [1.29, 1.82) is 0 Å². The third-order valence-electron chi connectivity index (χ3n) is 5.83. The summed E-state index contributed by atoms with van der Waals surface area (Å²) in [4.78, 5) is 33.5. The number of nitrogens with one attached hydrogen (secondary N) is 3. The smallest absolute Gasteiger partial charge is 0.245 e. The van der Waals surface area contributed by atoms with Crippen molar-refractivity contribution in [3.8, 4) is 0 Å². The van der Waals surface area contributed by atoms with E-state index in [4.69, 9.17) is 12.2 Å². The molecule has 0 unspecified atom stereocenters. The molecule has 0 aliphatic carbocycles. The van der Waals surface area contributed by atoms with Crippen LogP contribution in [0.25, 0.3) is 0 Å². The summed E-state index contributed by atoms with van der Waals surface area (Å²) in [6.07, 6.45) is 3.39. The van der Waals surface area contributed by atoms with Crippen LogP contribution in [0.4, 0.5) is 11.5 Å².